The van der Waals surface area contributed by atoms with Crippen molar-refractivity contribution in [3.8, 4) is 0 Å². The molecule has 0 saturated heterocycles. The standard InChI is InChI=1S/C9H18ClN/c1-11-7-9-5-3-2-4-8(9)6-10/h8-9,11H,2-7H2,1H3. The summed E-state index contributed by atoms with van der Waals surface area (Å²) in [4.78, 5) is 0. The van der Waals surface area contributed by atoms with E-state index in [1.807, 2.05) is 7.05 Å². The normalized spacial score (nSPS) is 32.2. The number of nitrogens with one attached hydrogen (secondary N) is 1. The predicted octanol–water partition coefficient (Wildman–Crippen LogP) is 2.25. The number of hydrogen-bond acceptors (Lipinski definition) is 1. The lowest BCUT2D eigenvalue weighted by Crippen LogP contribution is -2.29. The van der Waals surface area contributed by atoms with Crippen LogP contribution in [0.3, 0.4) is 0 Å². The van der Waals surface area contributed by atoms with Gasteiger partial charge in [-0.15, -0.1) is 11.6 Å². The lowest BCUT2D eigenvalue weighted by atomic mass is 9.80. The van der Waals surface area contributed by atoms with Crippen LogP contribution in [0, 0.1) is 11.8 Å². The van der Waals surface area contributed by atoms with Gasteiger partial charge in [0.1, 0.15) is 0 Å². The smallest absolute Gasteiger partial charge is 0.0254 e. The van der Waals surface area contributed by atoms with Crippen LogP contribution in [0.2, 0.25) is 0 Å². The van der Waals surface area contributed by atoms with E-state index in [-0.39, 0.29) is 0 Å². The molecule has 0 spiro atoms. The number of alkyl halides is 1. The Kier molecular flexibility index (Phi) is 4.24. The summed E-state index contributed by atoms with van der Waals surface area (Å²) in [5, 5.41) is 3.24. The molecule has 2 unspecified atom stereocenters. The Balaban J connectivity index is 2.31. The fourth-order valence-corrected chi connectivity index (χ4v) is 2.42. The molecule has 11 heavy (non-hydrogen) atoms. The van der Waals surface area contributed by atoms with Gasteiger partial charge in [0.15, 0.2) is 0 Å². The van der Waals surface area contributed by atoms with E-state index in [9.17, 15) is 0 Å². The van der Waals surface area contributed by atoms with Crippen molar-refractivity contribution in [2.45, 2.75) is 25.7 Å². The van der Waals surface area contributed by atoms with Gasteiger partial charge >= 0.3 is 0 Å². The largest absolute Gasteiger partial charge is 0.319 e. The molecule has 66 valence electrons. The van der Waals surface area contributed by atoms with Crippen LogP contribution in [-0.2, 0) is 0 Å². The topological polar surface area (TPSA) is 12.0 Å². The van der Waals surface area contributed by atoms with Crippen LogP contribution in [0.4, 0.5) is 0 Å². The molecule has 1 saturated carbocycles. The summed E-state index contributed by atoms with van der Waals surface area (Å²) in [6.45, 7) is 1.15. The van der Waals surface area contributed by atoms with Gasteiger partial charge in [-0.25, -0.2) is 0 Å². The van der Waals surface area contributed by atoms with Crippen LogP contribution in [0.15, 0.2) is 0 Å². The Hall–Kier alpha value is 0.250. The highest BCUT2D eigenvalue weighted by atomic mass is 35.5. The van der Waals surface area contributed by atoms with Crippen molar-refractivity contribution in [1.29, 1.82) is 0 Å². The molecule has 0 heterocycles. The van der Waals surface area contributed by atoms with Crippen molar-refractivity contribution in [3.63, 3.8) is 0 Å². The molecule has 1 aliphatic carbocycles. The Morgan fingerprint density at radius 3 is 2.45 bits per heavy atom. The molecular formula is C9H18ClN. The van der Waals surface area contributed by atoms with Gasteiger partial charge in [0.25, 0.3) is 0 Å². The summed E-state index contributed by atoms with van der Waals surface area (Å²) >= 11 is 5.88. The molecule has 1 nitrogen and oxygen atoms in total. The summed E-state index contributed by atoms with van der Waals surface area (Å²) in [6.07, 6.45) is 5.51. The minimum absolute atomic E-state index is 0.776. The molecule has 1 N–H and O–H groups in total. The van der Waals surface area contributed by atoms with Crippen LogP contribution in [-0.4, -0.2) is 19.5 Å². The SMILES string of the molecule is CNCC1CCCCC1CCl. The maximum absolute atomic E-state index is 5.88. The summed E-state index contributed by atoms with van der Waals surface area (Å²) in [5.41, 5.74) is 0. The van der Waals surface area contributed by atoms with Crippen molar-refractivity contribution in [2.75, 3.05) is 19.5 Å². The van der Waals surface area contributed by atoms with Gasteiger partial charge in [-0.3, -0.25) is 0 Å². The number of rotatable bonds is 3. The lowest BCUT2D eigenvalue weighted by Gasteiger charge is -2.29. The monoisotopic (exact) mass is 175 g/mol. The molecular weight excluding hydrogens is 158 g/mol. The molecule has 0 bridgehead atoms. The minimum Gasteiger partial charge on any atom is -0.319 e. The van der Waals surface area contributed by atoms with Crippen LogP contribution < -0.4 is 5.32 Å². The summed E-state index contributed by atoms with van der Waals surface area (Å²) < 4.78 is 0. The quantitative estimate of drug-likeness (QED) is 0.649. The average Bonchev–Trinajstić information content (AvgIpc) is 2.06. The van der Waals surface area contributed by atoms with Crippen molar-refractivity contribution < 1.29 is 0 Å². The van der Waals surface area contributed by atoms with E-state index in [1.165, 1.54) is 25.7 Å². The molecule has 2 heteroatoms. The van der Waals surface area contributed by atoms with Crippen molar-refractivity contribution in [1.82, 2.24) is 5.32 Å². The Morgan fingerprint density at radius 1 is 1.27 bits per heavy atom. The van der Waals surface area contributed by atoms with E-state index in [0.717, 1.165) is 24.3 Å². The molecule has 0 amide bonds. The fourth-order valence-electron chi connectivity index (χ4n) is 2.02. The summed E-state index contributed by atoms with van der Waals surface area (Å²) in [5.74, 6) is 2.47. The van der Waals surface area contributed by atoms with Gasteiger partial charge in [-0.05, 0) is 38.3 Å². The molecule has 0 aliphatic heterocycles. The van der Waals surface area contributed by atoms with Crippen molar-refractivity contribution >= 4 is 11.6 Å². The maximum Gasteiger partial charge on any atom is 0.0254 e. The molecule has 2 atom stereocenters. The molecule has 0 aromatic heterocycles. The van der Waals surface area contributed by atoms with Crippen LogP contribution in [0.5, 0.6) is 0 Å². The molecule has 1 fully saturated rings. The molecule has 0 aromatic rings. The highest BCUT2D eigenvalue weighted by Crippen LogP contribution is 2.30. The molecule has 1 rings (SSSR count). The third-order valence-corrected chi connectivity index (χ3v) is 3.13. The van der Waals surface area contributed by atoms with Gasteiger partial charge < -0.3 is 5.32 Å². The van der Waals surface area contributed by atoms with E-state index in [1.54, 1.807) is 0 Å². The first kappa shape index (κ1) is 9.34. The number of halogens is 1. The third-order valence-electron chi connectivity index (χ3n) is 2.73. The highest BCUT2D eigenvalue weighted by Gasteiger charge is 2.23. The van der Waals surface area contributed by atoms with Gasteiger partial charge in [0, 0.05) is 5.88 Å². The van der Waals surface area contributed by atoms with E-state index >= 15 is 0 Å². The zero-order chi connectivity index (χ0) is 8.10. The van der Waals surface area contributed by atoms with Gasteiger partial charge in [0.2, 0.25) is 0 Å². The first-order valence-electron chi connectivity index (χ1n) is 4.59. The Labute approximate surface area is 74.5 Å². The van der Waals surface area contributed by atoms with Gasteiger partial charge in [-0.1, -0.05) is 12.8 Å². The minimum atomic E-state index is 0.776. The Bertz CT molecular complexity index is 104. The Morgan fingerprint density at radius 2 is 1.91 bits per heavy atom. The second-order valence-corrected chi connectivity index (χ2v) is 3.83. The molecule has 0 aromatic carbocycles. The highest BCUT2D eigenvalue weighted by molar-refractivity contribution is 6.18. The summed E-state index contributed by atoms with van der Waals surface area (Å²) in [6, 6.07) is 0. The van der Waals surface area contributed by atoms with E-state index < -0.39 is 0 Å². The van der Waals surface area contributed by atoms with Gasteiger partial charge in [0.05, 0.1) is 0 Å². The fraction of sp³-hybridized carbons (Fsp3) is 1.00. The third kappa shape index (κ3) is 2.64. The van der Waals surface area contributed by atoms with E-state index in [2.05, 4.69) is 5.32 Å². The van der Waals surface area contributed by atoms with Crippen LogP contribution in [0.1, 0.15) is 25.7 Å². The molecule has 1 aliphatic rings. The first-order chi connectivity index (χ1) is 5.38. The zero-order valence-corrected chi connectivity index (χ0v) is 8.03. The predicted molar refractivity (Wildman–Crippen MR) is 50.1 cm³/mol. The number of hydrogen-bond donors (Lipinski definition) is 1. The first-order valence-corrected chi connectivity index (χ1v) is 5.12. The average molecular weight is 176 g/mol. The van der Waals surface area contributed by atoms with E-state index in [4.69, 9.17) is 11.6 Å². The zero-order valence-electron chi connectivity index (χ0n) is 7.28. The van der Waals surface area contributed by atoms with Crippen LogP contribution in [0.25, 0.3) is 0 Å². The summed E-state index contributed by atoms with van der Waals surface area (Å²) in [7, 11) is 2.03. The molecule has 0 radical (unpaired) electrons. The maximum atomic E-state index is 5.88. The lowest BCUT2D eigenvalue weighted by molar-refractivity contribution is 0.255. The second kappa shape index (κ2) is 5.00. The van der Waals surface area contributed by atoms with Crippen molar-refractivity contribution in [3.05, 3.63) is 0 Å². The van der Waals surface area contributed by atoms with E-state index in [0.29, 0.717) is 0 Å². The van der Waals surface area contributed by atoms with Crippen molar-refractivity contribution in [2.24, 2.45) is 11.8 Å². The van der Waals surface area contributed by atoms with Gasteiger partial charge in [-0.2, -0.15) is 0 Å². The van der Waals surface area contributed by atoms with Crippen LogP contribution >= 0.6 is 11.6 Å². The second-order valence-electron chi connectivity index (χ2n) is 3.52.